The van der Waals surface area contributed by atoms with Crippen LogP contribution in [0.3, 0.4) is 0 Å². The molecule has 3 N–H and O–H groups in total. The molecule has 1 rings (SSSR count). The van der Waals surface area contributed by atoms with E-state index in [2.05, 4.69) is 17.2 Å². The van der Waals surface area contributed by atoms with Gasteiger partial charge in [-0.25, -0.2) is 4.98 Å². The molecule has 0 aliphatic heterocycles. The molecule has 0 aromatic carbocycles. The molecule has 0 aliphatic carbocycles. The van der Waals surface area contributed by atoms with Crippen LogP contribution in [0.4, 0.5) is 5.82 Å². The van der Waals surface area contributed by atoms with E-state index in [1.807, 2.05) is 6.92 Å². The number of hydrogen-bond acceptors (Lipinski definition) is 3. The molecule has 17 heavy (non-hydrogen) atoms. The predicted octanol–water partition coefficient (Wildman–Crippen LogP) is 2.63. The van der Waals surface area contributed by atoms with Crippen molar-refractivity contribution in [2.45, 2.75) is 39.2 Å². The van der Waals surface area contributed by atoms with Crippen molar-refractivity contribution in [2.24, 2.45) is 0 Å². The van der Waals surface area contributed by atoms with Crippen molar-refractivity contribution in [3.63, 3.8) is 0 Å². The maximum Gasteiger partial charge on any atom is 0.253 e. The zero-order valence-corrected chi connectivity index (χ0v) is 10.9. The lowest BCUT2D eigenvalue weighted by molar-refractivity contribution is 0.0938. The van der Waals surface area contributed by atoms with E-state index < -0.39 is 0 Å². The summed E-state index contributed by atoms with van der Waals surface area (Å²) >= 11 is 5.90. The average Bonchev–Trinajstić information content (AvgIpc) is 2.29. The Bertz CT molecular complexity index is 395. The van der Waals surface area contributed by atoms with E-state index in [1.54, 1.807) is 0 Å². The second-order valence-electron chi connectivity index (χ2n) is 4.11. The molecule has 0 aliphatic rings. The van der Waals surface area contributed by atoms with E-state index in [4.69, 9.17) is 17.3 Å². The first kappa shape index (κ1) is 13.8. The molecule has 1 heterocycles. The van der Waals surface area contributed by atoms with Crippen LogP contribution in [-0.4, -0.2) is 16.9 Å². The van der Waals surface area contributed by atoms with Gasteiger partial charge in [0, 0.05) is 12.2 Å². The van der Waals surface area contributed by atoms with E-state index >= 15 is 0 Å². The topological polar surface area (TPSA) is 68.0 Å². The van der Waals surface area contributed by atoms with Crippen LogP contribution in [0.2, 0.25) is 5.02 Å². The SMILES string of the molecule is CCCCC(C)NC(=O)c1cc(N)ncc1Cl. The smallest absolute Gasteiger partial charge is 0.253 e. The van der Waals surface area contributed by atoms with Gasteiger partial charge in [0.2, 0.25) is 0 Å². The number of aromatic nitrogens is 1. The minimum Gasteiger partial charge on any atom is -0.384 e. The molecular formula is C12H18ClN3O. The van der Waals surface area contributed by atoms with Gasteiger partial charge in [-0.3, -0.25) is 4.79 Å². The molecule has 0 saturated heterocycles. The van der Waals surface area contributed by atoms with Gasteiger partial charge in [0.05, 0.1) is 10.6 Å². The fourth-order valence-electron chi connectivity index (χ4n) is 1.51. The molecule has 0 fully saturated rings. The minimum atomic E-state index is -0.201. The Kier molecular flexibility index (Phi) is 5.22. The number of hydrogen-bond donors (Lipinski definition) is 2. The second kappa shape index (κ2) is 6.45. The number of nitrogen functional groups attached to an aromatic ring is 1. The first-order chi connectivity index (χ1) is 8.04. The molecule has 1 aromatic rings. The van der Waals surface area contributed by atoms with Crippen LogP contribution >= 0.6 is 11.6 Å². The molecule has 1 unspecified atom stereocenters. The molecular weight excluding hydrogens is 238 g/mol. The van der Waals surface area contributed by atoms with Gasteiger partial charge in [0.1, 0.15) is 5.82 Å². The van der Waals surface area contributed by atoms with Gasteiger partial charge >= 0.3 is 0 Å². The number of pyridine rings is 1. The first-order valence-electron chi connectivity index (χ1n) is 5.76. The Labute approximate surface area is 107 Å². The fourth-order valence-corrected chi connectivity index (χ4v) is 1.70. The summed E-state index contributed by atoms with van der Waals surface area (Å²) < 4.78 is 0. The standard InChI is InChI=1S/C12H18ClN3O/c1-3-4-5-8(2)16-12(17)9-6-11(14)15-7-10(9)13/h6-8H,3-5H2,1-2H3,(H2,14,15)(H,16,17). The number of amides is 1. The molecule has 4 nitrogen and oxygen atoms in total. The molecule has 5 heteroatoms. The zero-order chi connectivity index (χ0) is 12.8. The number of carbonyl (C=O) groups excluding carboxylic acids is 1. The van der Waals surface area contributed by atoms with Crippen molar-refractivity contribution in [1.82, 2.24) is 10.3 Å². The van der Waals surface area contributed by atoms with Crippen LogP contribution in [-0.2, 0) is 0 Å². The number of unbranched alkanes of at least 4 members (excludes halogenated alkanes) is 1. The van der Waals surface area contributed by atoms with Crippen molar-refractivity contribution in [3.05, 3.63) is 22.8 Å². The number of carbonyl (C=O) groups is 1. The average molecular weight is 256 g/mol. The highest BCUT2D eigenvalue weighted by atomic mass is 35.5. The highest BCUT2D eigenvalue weighted by Gasteiger charge is 2.13. The highest BCUT2D eigenvalue weighted by molar-refractivity contribution is 6.33. The van der Waals surface area contributed by atoms with Gasteiger partial charge in [-0.2, -0.15) is 0 Å². The van der Waals surface area contributed by atoms with E-state index in [0.29, 0.717) is 16.4 Å². The third-order valence-corrected chi connectivity index (χ3v) is 2.79. The van der Waals surface area contributed by atoms with E-state index in [1.165, 1.54) is 12.3 Å². The van der Waals surface area contributed by atoms with Crippen molar-refractivity contribution >= 4 is 23.3 Å². The number of rotatable bonds is 5. The second-order valence-corrected chi connectivity index (χ2v) is 4.51. The van der Waals surface area contributed by atoms with E-state index in [0.717, 1.165) is 19.3 Å². The molecule has 1 aromatic heterocycles. The summed E-state index contributed by atoms with van der Waals surface area (Å²) in [6.07, 6.45) is 4.56. The maximum absolute atomic E-state index is 11.9. The Morgan fingerprint density at radius 1 is 1.65 bits per heavy atom. The van der Waals surface area contributed by atoms with Gasteiger partial charge in [0.15, 0.2) is 0 Å². The monoisotopic (exact) mass is 255 g/mol. The van der Waals surface area contributed by atoms with E-state index in [-0.39, 0.29) is 11.9 Å². The quantitative estimate of drug-likeness (QED) is 0.850. The molecule has 1 atom stereocenters. The summed E-state index contributed by atoms with van der Waals surface area (Å²) in [7, 11) is 0. The molecule has 0 bridgehead atoms. The van der Waals surface area contributed by atoms with Gasteiger partial charge in [-0.15, -0.1) is 0 Å². The summed E-state index contributed by atoms with van der Waals surface area (Å²) in [6.45, 7) is 4.10. The van der Waals surface area contributed by atoms with Gasteiger partial charge in [-0.05, 0) is 19.4 Å². The third-order valence-electron chi connectivity index (χ3n) is 2.49. The van der Waals surface area contributed by atoms with Gasteiger partial charge in [0.25, 0.3) is 5.91 Å². The van der Waals surface area contributed by atoms with Crippen LogP contribution in [0.15, 0.2) is 12.3 Å². The molecule has 0 radical (unpaired) electrons. The van der Waals surface area contributed by atoms with Gasteiger partial charge < -0.3 is 11.1 Å². The van der Waals surface area contributed by atoms with Crippen molar-refractivity contribution < 1.29 is 4.79 Å². The Hall–Kier alpha value is -1.29. The number of anilines is 1. The number of nitrogens with two attached hydrogens (primary N) is 1. The molecule has 0 saturated carbocycles. The van der Waals surface area contributed by atoms with E-state index in [9.17, 15) is 4.79 Å². The molecule has 94 valence electrons. The van der Waals surface area contributed by atoms with Crippen LogP contribution in [0.25, 0.3) is 0 Å². The van der Waals surface area contributed by atoms with Crippen molar-refractivity contribution in [2.75, 3.05) is 5.73 Å². The minimum absolute atomic E-state index is 0.132. The highest BCUT2D eigenvalue weighted by Crippen LogP contribution is 2.16. The summed E-state index contributed by atoms with van der Waals surface area (Å²) in [5.74, 6) is 0.0912. The Morgan fingerprint density at radius 2 is 2.35 bits per heavy atom. The lowest BCUT2D eigenvalue weighted by atomic mass is 10.1. The Morgan fingerprint density at radius 3 is 3.00 bits per heavy atom. The van der Waals surface area contributed by atoms with Crippen LogP contribution in [0.1, 0.15) is 43.5 Å². The van der Waals surface area contributed by atoms with Gasteiger partial charge in [-0.1, -0.05) is 31.4 Å². The third kappa shape index (κ3) is 4.23. The van der Waals surface area contributed by atoms with Crippen molar-refractivity contribution in [1.29, 1.82) is 0 Å². The predicted molar refractivity (Wildman–Crippen MR) is 70.1 cm³/mol. The molecule has 0 spiro atoms. The Balaban J connectivity index is 2.66. The summed E-state index contributed by atoms with van der Waals surface area (Å²) in [5.41, 5.74) is 5.90. The van der Waals surface area contributed by atoms with Crippen molar-refractivity contribution in [3.8, 4) is 0 Å². The summed E-state index contributed by atoms with van der Waals surface area (Å²) in [5, 5.41) is 3.21. The van der Waals surface area contributed by atoms with Crippen LogP contribution < -0.4 is 11.1 Å². The normalized spacial score (nSPS) is 12.2. The number of halogens is 1. The van der Waals surface area contributed by atoms with Crippen LogP contribution in [0, 0.1) is 0 Å². The lowest BCUT2D eigenvalue weighted by Gasteiger charge is -2.14. The van der Waals surface area contributed by atoms with Crippen LogP contribution in [0.5, 0.6) is 0 Å². The zero-order valence-electron chi connectivity index (χ0n) is 10.2. The molecule has 1 amide bonds. The summed E-state index contributed by atoms with van der Waals surface area (Å²) in [6, 6.07) is 1.62. The first-order valence-corrected chi connectivity index (χ1v) is 6.14. The maximum atomic E-state index is 11.9. The lowest BCUT2D eigenvalue weighted by Crippen LogP contribution is -2.32. The number of nitrogens with zero attached hydrogens (tertiary/aromatic N) is 1. The summed E-state index contributed by atoms with van der Waals surface area (Å²) in [4.78, 5) is 15.7. The number of nitrogens with one attached hydrogen (secondary N) is 1. The fraction of sp³-hybridized carbons (Fsp3) is 0.500. The largest absolute Gasteiger partial charge is 0.384 e.